The van der Waals surface area contributed by atoms with E-state index in [0.717, 1.165) is 16.1 Å². The molecule has 2 N–H and O–H groups in total. The number of hydrogen-bond donors (Lipinski definition) is 2. The van der Waals surface area contributed by atoms with Crippen LogP contribution < -0.4 is 4.90 Å². The Morgan fingerprint density at radius 3 is 2.62 bits per heavy atom. The average molecular weight is 406 g/mol. The Kier molecular flexibility index (Phi) is 4.85. The lowest BCUT2D eigenvalue weighted by Gasteiger charge is -2.20. The highest BCUT2D eigenvalue weighted by Crippen LogP contribution is 2.30. The molecular weight excluding hydrogens is 388 g/mol. The van der Waals surface area contributed by atoms with Gasteiger partial charge in [0.25, 0.3) is 5.91 Å². The summed E-state index contributed by atoms with van der Waals surface area (Å²) in [6.45, 7) is 4.49. The molecule has 3 heterocycles. The molecule has 4 rings (SSSR count). The smallest absolute Gasteiger partial charge is 0.339 e. The number of benzene rings is 1. The summed E-state index contributed by atoms with van der Waals surface area (Å²) in [6.07, 6.45) is 2.95. The number of aryl methyl sites for hydroxylation is 1. The second-order valence-corrected chi connectivity index (χ2v) is 7.59. The molecule has 0 saturated carbocycles. The number of anilines is 1. The number of carbonyl (C=O) groups excluding carboxylic acids is 1. The number of amides is 1. The zero-order chi connectivity index (χ0) is 20.5. The molecule has 0 unspecified atom stereocenters. The summed E-state index contributed by atoms with van der Waals surface area (Å²) >= 11 is 1.31. The van der Waals surface area contributed by atoms with Gasteiger partial charge in [0.15, 0.2) is 5.65 Å². The maximum Gasteiger partial charge on any atom is 0.339 e. The van der Waals surface area contributed by atoms with Crippen molar-refractivity contribution in [1.29, 1.82) is 0 Å². The Labute approximate surface area is 170 Å². The van der Waals surface area contributed by atoms with Gasteiger partial charge in [0.05, 0.1) is 21.6 Å². The predicted molar refractivity (Wildman–Crippen MR) is 113 cm³/mol. The second kappa shape index (κ2) is 7.48. The number of carboxylic acids is 1. The summed E-state index contributed by atoms with van der Waals surface area (Å²) in [5.41, 5.74) is 3.29. The Morgan fingerprint density at radius 1 is 1.17 bits per heavy atom. The second-order valence-electron chi connectivity index (χ2n) is 6.51. The summed E-state index contributed by atoms with van der Waals surface area (Å²) in [4.78, 5) is 38.9. The Morgan fingerprint density at radius 2 is 1.93 bits per heavy atom. The van der Waals surface area contributed by atoms with E-state index in [1.807, 2.05) is 44.2 Å². The van der Waals surface area contributed by atoms with Crippen LogP contribution in [0.1, 0.15) is 32.5 Å². The largest absolute Gasteiger partial charge is 0.478 e. The number of aromatic nitrogens is 3. The van der Waals surface area contributed by atoms with Crippen molar-refractivity contribution in [2.75, 3.05) is 11.4 Å². The fourth-order valence-corrected chi connectivity index (χ4v) is 3.97. The third-order valence-corrected chi connectivity index (χ3v) is 5.68. The average Bonchev–Trinajstić information content (AvgIpc) is 3.36. The number of carboxylic acid groups (broad SMARTS) is 1. The van der Waals surface area contributed by atoms with E-state index in [4.69, 9.17) is 0 Å². The van der Waals surface area contributed by atoms with Crippen LogP contribution >= 0.6 is 11.3 Å². The van der Waals surface area contributed by atoms with E-state index in [0.29, 0.717) is 28.3 Å². The van der Waals surface area contributed by atoms with Gasteiger partial charge in [-0.05, 0) is 38.1 Å². The zero-order valence-corrected chi connectivity index (χ0v) is 16.7. The molecule has 1 amide bonds. The molecule has 0 bridgehead atoms. The molecule has 0 aliphatic carbocycles. The fourth-order valence-electron chi connectivity index (χ4n) is 3.06. The molecule has 0 aliphatic rings. The van der Waals surface area contributed by atoms with Gasteiger partial charge in [-0.25, -0.2) is 14.8 Å². The molecule has 0 atom stereocenters. The van der Waals surface area contributed by atoms with Crippen LogP contribution in [-0.4, -0.2) is 38.5 Å². The van der Waals surface area contributed by atoms with Gasteiger partial charge in [-0.2, -0.15) is 0 Å². The minimum atomic E-state index is -1.07. The van der Waals surface area contributed by atoms with Crippen LogP contribution in [0, 0.1) is 6.92 Å². The minimum absolute atomic E-state index is 0.0683. The molecule has 0 aliphatic heterocycles. The van der Waals surface area contributed by atoms with Gasteiger partial charge in [0.2, 0.25) is 0 Å². The van der Waals surface area contributed by atoms with Crippen LogP contribution in [0.4, 0.5) is 5.69 Å². The number of aromatic carboxylic acids is 1. The van der Waals surface area contributed by atoms with Crippen molar-refractivity contribution in [2.24, 2.45) is 0 Å². The molecule has 1 aromatic carbocycles. The number of thiophene rings is 1. The molecule has 0 radical (unpaired) electrons. The molecular formula is C21H18N4O3S. The summed E-state index contributed by atoms with van der Waals surface area (Å²) in [5, 5.41) is 9.29. The highest BCUT2D eigenvalue weighted by atomic mass is 32.1. The number of fused-ring (bicyclic) bond motifs is 1. The van der Waals surface area contributed by atoms with Crippen LogP contribution in [0.2, 0.25) is 0 Å². The van der Waals surface area contributed by atoms with Gasteiger partial charge in [0.1, 0.15) is 11.1 Å². The third-order valence-electron chi connectivity index (χ3n) is 4.59. The van der Waals surface area contributed by atoms with Crippen LogP contribution in [0.25, 0.3) is 21.7 Å². The third kappa shape index (κ3) is 3.50. The van der Waals surface area contributed by atoms with Crippen LogP contribution in [-0.2, 0) is 0 Å². The number of nitrogens with one attached hydrogen (secondary N) is 1. The highest BCUT2D eigenvalue weighted by Gasteiger charge is 2.20. The van der Waals surface area contributed by atoms with Gasteiger partial charge in [0, 0.05) is 18.4 Å². The molecule has 0 saturated heterocycles. The SMILES string of the molecule is CCN(C(=O)c1ccc(-c2cnc3[nH]cc(C(=O)O)c3n2)s1)c1ccc(C)cc1. The lowest BCUT2D eigenvalue weighted by Crippen LogP contribution is -2.29. The fraction of sp³-hybridized carbons (Fsp3) is 0.143. The van der Waals surface area contributed by atoms with Gasteiger partial charge in [-0.1, -0.05) is 17.7 Å². The van der Waals surface area contributed by atoms with Crippen molar-refractivity contribution < 1.29 is 14.7 Å². The molecule has 146 valence electrons. The first-order valence-electron chi connectivity index (χ1n) is 9.04. The Hall–Kier alpha value is -3.52. The van der Waals surface area contributed by atoms with Crippen molar-refractivity contribution in [1.82, 2.24) is 15.0 Å². The monoisotopic (exact) mass is 406 g/mol. The lowest BCUT2D eigenvalue weighted by molar-refractivity contribution is 0.0698. The maximum atomic E-state index is 13.0. The number of aromatic amines is 1. The molecule has 8 heteroatoms. The van der Waals surface area contributed by atoms with Crippen LogP contribution in [0.3, 0.4) is 0 Å². The van der Waals surface area contributed by atoms with Crippen LogP contribution in [0.15, 0.2) is 48.8 Å². The van der Waals surface area contributed by atoms with Crippen molar-refractivity contribution >= 4 is 40.1 Å². The first-order chi connectivity index (χ1) is 14.0. The van der Waals surface area contributed by atoms with E-state index < -0.39 is 5.97 Å². The highest BCUT2D eigenvalue weighted by molar-refractivity contribution is 7.17. The molecule has 29 heavy (non-hydrogen) atoms. The molecule has 0 spiro atoms. The van der Waals surface area contributed by atoms with Gasteiger partial charge in [-0.15, -0.1) is 11.3 Å². The number of carbonyl (C=O) groups is 2. The minimum Gasteiger partial charge on any atom is -0.478 e. The molecule has 7 nitrogen and oxygen atoms in total. The molecule has 4 aromatic rings. The van der Waals surface area contributed by atoms with E-state index in [2.05, 4.69) is 15.0 Å². The zero-order valence-electron chi connectivity index (χ0n) is 15.8. The molecule has 0 fully saturated rings. The Balaban J connectivity index is 1.66. The van der Waals surface area contributed by atoms with Crippen LogP contribution in [0.5, 0.6) is 0 Å². The van der Waals surface area contributed by atoms with Crippen molar-refractivity contribution in [3.8, 4) is 10.6 Å². The van der Waals surface area contributed by atoms with E-state index >= 15 is 0 Å². The Bertz CT molecular complexity index is 1210. The van der Waals surface area contributed by atoms with Crippen molar-refractivity contribution in [3.63, 3.8) is 0 Å². The molecule has 3 aromatic heterocycles. The van der Waals surface area contributed by atoms with Crippen molar-refractivity contribution in [2.45, 2.75) is 13.8 Å². The first kappa shape index (κ1) is 18.8. The van der Waals surface area contributed by atoms with E-state index in [1.165, 1.54) is 17.5 Å². The van der Waals surface area contributed by atoms with Gasteiger partial charge in [-0.3, -0.25) is 4.79 Å². The number of nitrogens with zero attached hydrogens (tertiary/aromatic N) is 3. The summed E-state index contributed by atoms with van der Waals surface area (Å²) < 4.78 is 0. The summed E-state index contributed by atoms with van der Waals surface area (Å²) in [6, 6.07) is 11.4. The topological polar surface area (TPSA) is 99.2 Å². The number of rotatable bonds is 5. The summed E-state index contributed by atoms with van der Waals surface area (Å²) in [5.74, 6) is -1.16. The van der Waals surface area contributed by atoms with E-state index in [1.54, 1.807) is 17.2 Å². The lowest BCUT2D eigenvalue weighted by atomic mass is 10.2. The predicted octanol–water partition coefficient (Wildman–Crippen LogP) is 4.36. The van der Waals surface area contributed by atoms with Crippen molar-refractivity contribution in [3.05, 3.63) is 64.8 Å². The standard InChI is InChI=1S/C21H18N4O3S/c1-3-25(13-6-4-12(2)5-7-13)20(26)17-9-8-16(29-17)15-11-23-19-18(24-15)14(10-22-19)21(27)28/h4-11H,3H2,1-2H3,(H,22,23)(H,27,28). The first-order valence-corrected chi connectivity index (χ1v) is 9.85. The van der Waals surface area contributed by atoms with Gasteiger partial charge >= 0.3 is 5.97 Å². The normalized spacial score (nSPS) is 11.0. The maximum absolute atomic E-state index is 13.0. The number of hydrogen-bond acceptors (Lipinski definition) is 5. The van der Waals surface area contributed by atoms with E-state index in [-0.39, 0.29) is 11.5 Å². The van der Waals surface area contributed by atoms with Gasteiger partial charge < -0.3 is 15.0 Å². The quantitative estimate of drug-likeness (QED) is 0.513. The number of H-pyrrole nitrogens is 1. The summed E-state index contributed by atoms with van der Waals surface area (Å²) in [7, 11) is 0. The van der Waals surface area contributed by atoms with E-state index in [9.17, 15) is 14.7 Å².